The van der Waals surface area contributed by atoms with Gasteiger partial charge in [-0.2, -0.15) is 0 Å². The Morgan fingerprint density at radius 1 is 0.811 bits per heavy atom. The number of carbonyl (C=O) groups excluding carboxylic acids is 1. The molecule has 0 heterocycles. The molecular formula is C27H56NO8P. The third-order valence-electron chi connectivity index (χ3n) is 6.41. The highest BCUT2D eigenvalue weighted by molar-refractivity contribution is 7.47. The van der Waals surface area contributed by atoms with E-state index in [9.17, 15) is 19.4 Å². The van der Waals surface area contributed by atoms with E-state index >= 15 is 0 Å². The normalized spacial score (nSPS) is 14.8. The summed E-state index contributed by atoms with van der Waals surface area (Å²) in [5.41, 5.74) is 5.36. The first-order chi connectivity index (χ1) is 17.9. The van der Waals surface area contributed by atoms with Crippen molar-refractivity contribution in [2.24, 2.45) is 5.73 Å². The number of esters is 1. The predicted octanol–water partition coefficient (Wildman–Crippen LogP) is 6.04. The molecule has 0 saturated carbocycles. The van der Waals surface area contributed by atoms with Crippen LogP contribution < -0.4 is 5.73 Å². The lowest BCUT2D eigenvalue weighted by atomic mass is 10.0. The van der Waals surface area contributed by atoms with Gasteiger partial charge < -0.3 is 25.2 Å². The average Bonchev–Trinajstić information content (AvgIpc) is 2.89. The summed E-state index contributed by atoms with van der Waals surface area (Å²) in [5, 5.41) is 9.86. The van der Waals surface area contributed by atoms with Gasteiger partial charge in [0.15, 0.2) is 0 Å². The lowest BCUT2D eigenvalue weighted by Gasteiger charge is -2.27. The minimum Gasteiger partial charge on any atom is -0.469 e. The Labute approximate surface area is 225 Å². The number of phosphoric acid groups is 1. The molecule has 4 N–H and O–H groups in total. The van der Waals surface area contributed by atoms with Crippen LogP contribution >= 0.6 is 7.82 Å². The van der Waals surface area contributed by atoms with Gasteiger partial charge in [0.1, 0.15) is 6.10 Å². The molecule has 0 aliphatic heterocycles. The standard InChI is InChI=1S/C27H56NO8P/c1-3-4-5-6-7-8-9-10-11-12-13-14-15-16-19-25(36-37(31,32)35-23-21-28)26(24-29)34-22-18-17-20-27(30)33-2/h25-26,29H,3-24,28H2,1-2H3,(H,31,32)/t25-,26+/m1/s1. The van der Waals surface area contributed by atoms with Crippen LogP contribution in [0.2, 0.25) is 0 Å². The topological polar surface area (TPSA) is 138 Å². The van der Waals surface area contributed by atoms with Crippen molar-refractivity contribution in [3.05, 3.63) is 0 Å². The van der Waals surface area contributed by atoms with Crippen molar-refractivity contribution in [3.8, 4) is 0 Å². The average molecular weight is 554 g/mol. The van der Waals surface area contributed by atoms with Crippen LogP contribution in [0.4, 0.5) is 0 Å². The van der Waals surface area contributed by atoms with Gasteiger partial charge in [-0.1, -0.05) is 96.8 Å². The zero-order valence-corrected chi connectivity index (χ0v) is 24.5. The van der Waals surface area contributed by atoms with E-state index in [0.717, 1.165) is 19.3 Å². The number of phosphoric ester groups is 1. The summed E-state index contributed by atoms with van der Waals surface area (Å²) in [5.74, 6) is -0.281. The monoisotopic (exact) mass is 553 g/mol. The molecule has 0 saturated heterocycles. The molecule has 0 spiro atoms. The zero-order valence-electron chi connectivity index (χ0n) is 23.6. The van der Waals surface area contributed by atoms with Crippen molar-refractivity contribution in [3.63, 3.8) is 0 Å². The van der Waals surface area contributed by atoms with Crippen molar-refractivity contribution in [1.82, 2.24) is 0 Å². The number of aliphatic hydroxyl groups excluding tert-OH is 1. The van der Waals surface area contributed by atoms with Gasteiger partial charge in [-0.15, -0.1) is 0 Å². The van der Waals surface area contributed by atoms with Gasteiger partial charge in [-0.3, -0.25) is 13.8 Å². The summed E-state index contributed by atoms with van der Waals surface area (Å²) in [6.07, 6.45) is 17.8. The summed E-state index contributed by atoms with van der Waals surface area (Å²) >= 11 is 0. The fraction of sp³-hybridized carbons (Fsp3) is 0.963. The Morgan fingerprint density at radius 3 is 1.84 bits per heavy atom. The second-order valence-corrected chi connectivity index (χ2v) is 11.2. The van der Waals surface area contributed by atoms with Crippen molar-refractivity contribution >= 4 is 13.8 Å². The third-order valence-corrected chi connectivity index (χ3v) is 7.46. The van der Waals surface area contributed by atoms with Gasteiger partial charge in [-0.05, 0) is 19.3 Å². The number of ether oxygens (including phenoxy) is 2. The number of hydrogen-bond acceptors (Lipinski definition) is 8. The number of carbonyl (C=O) groups is 1. The van der Waals surface area contributed by atoms with E-state index in [1.54, 1.807) is 0 Å². The van der Waals surface area contributed by atoms with E-state index in [4.69, 9.17) is 19.5 Å². The van der Waals surface area contributed by atoms with Gasteiger partial charge in [-0.25, -0.2) is 4.57 Å². The molecule has 10 heteroatoms. The Balaban J connectivity index is 4.28. The summed E-state index contributed by atoms with van der Waals surface area (Å²) in [6.45, 7) is 2.19. The van der Waals surface area contributed by atoms with E-state index < -0.39 is 20.0 Å². The van der Waals surface area contributed by atoms with Gasteiger partial charge in [0.25, 0.3) is 0 Å². The number of unbranched alkanes of at least 4 members (excludes halogenated alkanes) is 14. The summed E-state index contributed by atoms with van der Waals surface area (Å²) < 4.78 is 32.9. The molecule has 37 heavy (non-hydrogen) atoms. The molecule has 0 aliphatic rings. The second-order valence-electron chi connectivity index (χ2n) is 9.74. The summed E-state index contributed by atoms with van der Waals surface area (Å²) in [4.78, 5) is 21.3. The SMILES string of the molecule is CCCCCCCCCCCCCCCC[C@@H](OP(=O)(O)OCCN)[C@H](CO)OCCCCC(=O)OC. The molecule has 1 unspecified atom stereocenters. The second kappa shape index (κ2) is 25.7. The molecular weight excluding hydrogens is 497 g/mol. The van der Waals surface area contributed by atoms with Crippen molar-refractivity contribution in [2.45, 2.75) is 135 Å². The zero-order chi connectivity index (χ0) is 27.6. The Bertz CT molecular complexity index is 567. The maximum Gasteiger partial charge on any atom is 0.472 e. The summed E-state index contributed by atoms with van der Waals surface area (Å²) in [6, 6.07) is 0. The van der Waals surface area contributed by atoms with Crippen molar-refractivity contribution < 1.29 is 37.9 Å². The van der Waals surface area contributed by atoms with E-state index in [1.165, 1.54) is 77.7 Å². The van der Waals surface area contributed by atoms with E-state index in [0.29, 0.717) is 32.3 Å². The van der Waals surface area contributed by atoms with E-state index in [-0.39, 0.29) is 25.7 Å². The molecule has 0 radical (unpaired) electrons. The van der Waals surface area contributed by atoms with Gasteiger partial charge in [0.05, 0.1) is 26.4 Å². The molecule has 9 nitrogen and oxygen atoms in total. The number of methoxy groups -OCH3 is 1. The van der Waals surface area contributed by atoms with Crippen molar-refractivity contribution in [2.75, 3.05) is 33.5 Å². The smallest absolute Gasteiger partial charge is 0.469 e. The Hall–Kier alpha value is -0.540. The highest BCUT2D eigenvalue weighted by Gasteiger charge is 2.32. The Morgan fingerprint density at radius 2 is 1.35 bits per heavy atom. The molecule has 0 rings (SSSR count). The van der Waals surface area contributed by atoms with Crippen LogP contribution in [0.1, 0.15) is 122 Å². The fourth-order valence-electron chi connectivity index (χ4n) is 4.20. The van der Waals surface area contributed by atoms with Crippen LogP contribution in [-0.2, 0) is 27.9 Å². The third kappa shape index (κ3) is 23.1. The van der Waals surface area contributed by atoms with Gasteiger partial charge in [0, 0.05) is 19.6 Å². The maximum absolute atomic E-state index is 12.3. The van der Waals surface area contributed by atoms with Gasteiger partial charge in [0.2, 0.25) is 0 Å². The van der Waals surface area contributed by atoms with Gasteiger partial charge >= 0.3 is 13.8 Å². The number of nitrogens with two attached hydrogens (primary N) is 1. The molecule has 0 bridgehead atoms. The lowest BCUT2D eigenvalue weighted by Crippen LogP contribution is -2.35. The van der Waals surface area contributed by atoms with E-state index in [1.807, 2.05) is 0 Å². The predicted molar refractivity (Wildman–Crippen MR) is 147 cm³/mol. The largest absolute Gasteiger partial charge is 0.472 e. The first-order valence-electron chi connectivity index (χ1n) is 14.5. The maximum atomic E-state index is 12.3. The first kappa shape index (κ1) is 36.5. The molecule has 0 aromatic rings. The van der Waals surface area contributed by atoms with Crippen molar-refractivity contribution in [1.29, 1.82) is 0 Å². The van der Waals surface area contributed by atoms with Crippen LogP contribution in [0.3, 0.4) is 0 Å². The highest BCUT2D eigenvalue weighted by atomic mass is 31.2. The number of hydrogen-bond donors (Lipinski definition) is 3. The number of aliphatic hydroxyl groups is 1. The minimum absolute atomic E-state index is 0.0949. The van der Waals surface area contributed by atoms with Crippen LogP contribution in [0.25, 0.3) is 0 Å². The molecule has 0 aromatic heterocycles. The Kier molecular flexibility index (Phi) is 25.3. The fourth-order valence-corrected chi connectivity index (χ4v) is 5.18. The highest BCUT2D eigenvalue weighted by Crippen LogP contribution is 2.45. The van der Waals surface area contributed by atoms with Crippen LogP contribution in [0.15, 0.2) is 0 Å². The van der Waals surface area contributed by atoms with Crippen LogP contribution in [0.5, 0.6) is 0 Å². The van der Waals surface area contributed by atoms with E-state index in [2.05, 4.69) is 11.7 Å². The van der Waals surface area contributed by atoms with Crippen LogP contribution in [-0.4, -0.2) is 61.7 Å². The molecule has 0 aliphatic carbocycles. The quantitative estimate of drug-likeness (QED) is 0.0601. The minimum atomic E-state index is -4.31. The molecule has 0 fully saturated rings. The lowest BCUT2D eigenvalue weighted by molar-refractivity contribution is -0.140. The van der Waals surface area contributed by atoms with Crippen LogP contribution in [0, 0.1) is 0 Å². The molecule has 0 amide bonds. The number of rotatable bonds is 28. The summed E-state index contributed by atoms with van der Waals surface area (Å²) in [7, 11) is -2.97. The molecule has 3 atom stereocenters. The first-order valence-corrected chi connectivity index (χ1v) is 16.0. The molecule has 0 aromatic carbocycles. The molecule has 222 valence electrons.